The number of benzene rings is 1. The number of hydrogen-bond donors (Lipinski definition) is 2. The Kier molecular flexibility index (Phi) is 6.60. The van der Waals surface area contributed by atoms with Gasteiger partial charge in [-0.3, -0.25) is 14.6 Å². The van der Waals surface area contributed by atoms with E-state index in [9.17, 15) is 14.7 Å². The minimum Gasteiger partial charge on any atom is -0.497 e. The van der Waals surface area contributed by atoms with Crippen LogP contribution in [0.15, 0.2) is 48.8 Å². The monoisotopic (exact) mass is 383 g/mol. The van der Waals surface area contributed by atoms with Gasteiger partial charge in [0.15, 0.2) is 0 Å². The van der Waals surface area contributed by atoms with Crippen molar-refractivity contribution in [2.45, 2.75) is 18.9 Å². The minimum atomic E-state index is -0.213. The van der Waals surface area contributed by atoms with Crippen molar-refractivity contribution in [3.05, 3.63) is 59.9 Å². The van der Waals surface area contributed by atoms with Gasteiger partial charge >= 0.3 is 0 Å². The molecule has 1 fully saturated rings. The van der Waals surface area contributed by atoms with Crippen LogP contribution in [0.2, 0.25) is 0 Å². The summed E-state index contributed by atoms with van der Waals surface area (Å²) < 4.78 is 5.13. The predicted octanol–water partition coefficient (Wildman–Crippen LogP) is 1.27. The van der Waals surface area contributed by atoms with E-state index < -0.39 is 0 Å². The lowest BCUT2D eigenvalue weighted by atomic mass is 9.92. The highest BCUT2D eigenvalue weighted by molar-refractivity contribution is 5.94. The fraction of sp³-hybridized carbons (Fsp3) is 0.381. The molecule has 2 N–H and O–H groups in total. The smallest absolute Gasteiger partial charge is 0.253 e. The van der Waals surface area contributed by atoms with Crippen molar-refractivity contribution in [2.24, 2.45) is 5.92 Å². The molecule has 0 bridgehead atoms. The summed E-state index contributed by atoms with van der Waals surface area (Å²) in [6.07, 6.45) is 4.03. The number of nitrogens with one attached hydrogen (secondary N) is 1. The molecule has 0 aliphatic carbocycles. The minimum absolute atomic E-state index is 0.0145. The van der Waals surface area contributed by atoms with Crippen LogP contribution >= 0.6 is 0 Å². The number of pyridine rings is 1. The van der Waals surface area contributed by atoms with Gasteiger partial charge in [0.2, 0.25) is 5.91 Å². The number of carbonyl (C=O) groups is 2. The molecule has 1 aromatic heterocycles. The Bertz CT molecular complexity index is 795. The molecule has 1 aliphatic rings. The quantitative estimate of drug-likeness (QED) is 0.784. The van der Waals surface area contributed by atoms with Crippen molar-refractivity contribution >= 4 is 11.8 Å². The van der Waals surface area contributed by atoms with Crippen LogP contribution < -0.4 is 10.1 Å². The van der Waals surface area contributed by atoms with E-state index in [2.05, 4.69) is 10.3 Å². The maximum atomic E-state index is 12.7. The fourth-order valence-corrected chi connectivity index (χ4v) is 3.41. The Morgan fingerprint density at radius 3 is 2.71 bits per heavy atom. The highest BCUT2D eigenvalue weighted by Crippen LogP contribution is 2.19. The average Bonchev–Trinajstić information content (AvgIpc) is 2.75. The number of aromatic nitrogens is 1. The molecule has 3 rings (SSSR count). The van der Waals surface area contributed by atoms with E-state index in [0.717, 1.165) is 11.3 Å². The summed E-state index contributed by atoms with van der Waals surface area (Å²) in [4.78, 5) is 30.7. The third kappa shape index (κ3) is 4.86. The van der Waals surface area contributed by atoms with Crippen LogP contribution in [0, 0.1) is 5.92 Å². The van der Waals surface area contributed by atoms with Crippen molar-refractivity contribution in [3.63, 3.8) is 0 Å². The van der Waals surface area contributed by atoms with E-state index in [1.165, 1.54) is 6.20 Å². The van der Waals surface area contributed by atoms with E-state index in [1.807, 2.05) is 24.3 Å². The van der Waals surface area contributed by atoms with E-state index in [0.29, 0.717) is 31.5 Å². The zero-order chi connectivity index (χ0) is 19.9. The number of hydrogen-bond acceptors (Lipinski definition) is 5. The topological polar surface area (TPSA) is 91.8 Å². The largest absolute Gasteiger partial charge is 0.497 e. The Morgan fingerprint density at radius 1 is 1.29 bits per heavy atom. The maximum Gasteiger partial charge on any atom is 0.253 e. The van der Waals surface area contributed by atoms with Gasteiger partial charge in [0.05, 0.1) is 19.1 Å². The molecular formula is C21H25N3O4. The summed E-state index contributed by atoms with van der Waals surface area (Å²) in [5.41, 5.74) is 1.40. The first-order chi connectivity index (χ1) is 13.6. The lowest BCUT2D eigenvalue weighted by Crippen LogP contribution is -2.53. The maximum absolute atomic E-state index is 12.7. The summed E-state index contributed by atoms with van der Waals surface area (Å²) in [7, 11) is 1.60. The van der Waals surface area contributed by atoms with Gasteiger partial charge in [-0.25, -0.2) is 0 Å². The zero-order valence-electron chi connectivity index (χ0n) is 15.9. The van der Waals surface area contributed by atoms with Crippen molar-refractivity contribution in [1.29, 1.82) is 0 Å². The normalized spacial score (nSPS) is 19.1. The van der Waals surface area contributed by atoms with E-state index in [4.69, 9.17) is 4.74 Å². The number of ether oxygens (including phenoxy) is 1. The Labute approximate surface area is 164 Å². The number of amides is 2. The molecule has 1 aliphatic heterocycles. The second-order valence-corrected chi connectivity index (χ2v) is 6.92. The number of methoxy groups -OCH3 is 1. The standard InChI is InChI=1S/C21H25N3O4/c1-28-18-6-4-15(5-7-18)11-20(26)24-10-8-19(17(13-24)14-25)23-21(27)16-3-2-9-22-12-16/h2-7,9,12,17,19,25H,8,10-11,13-14H2,1H3,(H,23,27)/t17-,19-/m1/s1. The molecule has 7 heteroatoms. The molecule has 0 spiro atoms. The first kappa shape index (κ1) is 19.8. The van der Waals surface area contributed by atoms with Gasteiger partial charge in [-0.2, -0.15) is 0 Å². The number of carbonyl (C=O) groups excluding carboxylic acids is 2. The van der Waals surface area contributed by atoms with E-state index in [-0.39, 0.29) is 30.4 Å². The van der Waals surface area contributed by atoms with Gasteiger partial charge in [0, 0.05) is 44.0 Å². The molecule has 0 unspecified atom stereocenters. The number of aliphatic hydroxyl groups excluding tert-OH is 1. The first-order valence-electron chi connectivity index (χ1n) is 9.33. The van der Waals surface area contributed by atoms with Crippen LogP contribution in [-0.4, -0.2) is 59.7 Å². The van der Waals surface area contributed by atoms with Crippen molar-refractivity contribution < 1.29 is 19.4 Å². The van der Waals surface area contributed by atoms with Crippen molar-refractivity contribution in [3.8, 4) is 5.75 Å². The number of rotatable bonds is 6. The molecule has 2 heterocycles. The number of nitrogens with zero attached hydrogens (tertiary/aromatic N) is 2. The second kappa shape index (κ2) is 9.32. The van der Waals surface area contributed by atoms with Crippen LogP contribution in [-0.2, 0) is 11.2 Å². The van der Waals surface area contributed by atoms with Gasteiger partial charge in [0.1, 0.15) is 5.75 Å². The lowest BCUT2D eigenvalue weighted by molar-refractivity contribution is -0.132. The average molecular weight is 383 g/mol. The molecule has 2 atom stereocenters. The van der Waals surface area contributed by atoms with Gasteiger partial charge in [-0.1, -0.05) is 12.1 Å². The highest BCUT2D eigenvalue weighted by atomic mass is 16.5. The van der Waals surface area contributed by atoms with Crippen LogP contribution in [0.4, 0.5) is 0 Å². The van der Waals surface area contributed by atoms with Crippen molar-refractivity contribution in [1.82, 2.24) is 15.2 Å². The summed E-state index contributed by atoms with van der Waals surface area (Å²) in [6, 6.07) is 10.6. The third-order valence-electron chi connectivity index (χ3n) is 5.08. The molecule has 2 aromatic rings. The molecule has 148 valence electrons. The molecule has 28 heavy (non-hydrogen) atoms. The van der Waals surface area contributed by atoms with E-state index in [1.54, 1.807) is 30.3 Å². The molecular weight excluding hydrogens is 358 g/mol. The predicted molar refractivity (Wildman–Crippen MR) is 104 cm³/mol. The molecule has 0 radical (unpaired) electrons. The van der Waals surface area contributed by atoms with Gasteiger partial charge in [0.25, 0.3) is 5.91 Å². The van der Waals surface area contributed by atoms with Crippen LogP contribution in [0.25, 0.3) is 0 Å². The molecule has 0 saturated carbocycles. The third-order valence-corrected chi connectivity index (χ3v) is 5.08. The van der Waals surface area contributed by atoms with Crippen molar-refractivity contribution in [2.75, 3.05) is 26.8 Å². The summed E-state index contributed by atoms with van der Waals surface area (Å²) in [5, 5.41) is 12.7. The zero-order valence-corrected chi connectivity index (χ0v) is 15.9. The van der Waals surface area contributed by atoms with Crippen LogP contribution in [0.5, 0.6) is 5.75 Å². The fourth-order valence-electron chi connectivity index (χ4n) is 3.41. The summed E-state index contributed by atoms with van der Waals surface area (Å²) in [5.74, 6) is 0.353. The number of aliphatic hydroxyl groups is 1. The molecule has 1 saturated heterocycles. The van der Waals surface area contributed by atoms with Crippen LogP contribution in [0.3, 0.4) is 0 Å². The number of piperidine rings is 1. The summed E-state index contributed by atoms with van der Waals surface area (Å²) >= 11 is 0. The Balaban J connectivity index is 1.57. The SMILES string of the molecule is COc1ccc(CC(=O)N2CC[C@@H](NC(=O)c3cccnc3)[C@@H](CO)C2)cc1. The summed E-state index contributed by atoms with van der Waals surface area (Å²) in [6.45, 7) is 0.872. The Morgan fingerprint density at radius 2 is 2.07 bits per heavy atom. The molecule has 1 aromatic carbocycles. The van der Waals surface area contributed by atoms with Gasteiger partial charge < -0.3 is 20.1 Å². The van der Waals surface area contributed by atoms with Crippen LogP contribution in [0.1, 0.15) is 22.3 Å². The van der Waals surface area contributed by atoms with E-state index >= 15 is 0 Å². The first-order valence-corrected chi connectivity index (χ1v) is 9.33. The Hall–Kier alpha value is -2.93. The number of likely N-dealkylation sites (tertiary alicyclic amines) is 1. The molecule has 2 amide bonds. The van der Waals surface area contributed by atoms with Gasteiger partial charge in [-0.15, -0.1) is 0 Å². The molecule has 7 nitrogen and oxygen atoms in total. The lowest BCUT2D eigenvalue weighted by Gasteiger charge is -2.38. The second-order valence-electron chi connectivity index (χ2n) is 6.92. The highest BCUT2D eigenvalue weighted by Gasteiger charge is 2.32. The van der Waals surface area contributed by atoms with Gasteiger partial charge in [-0.05, 0) is 36.2 Å².